The van der Waals surface area contributed by atoms with Crippen molar-refractivity contribution in [2.75, 3.05) is 19.6 Å². The Hall–Kier alpha value is -1.46. The third kappa shape index (κ3) is 5.56. The van der Waals surface area contributed by atoms with Gasteiger partial charge in [-0.15, -0.1) is 0 Å². The van der Waals surface area contributed by atoms with E-state index >= 15 is 0 Å². The number of pyridine rings is 1. The molecule has 5 heteroatoms. The first-order valence-electron chi connectivity index (χ1n) is 8.84. The number of aromatic amines is 1. The maximum absolute atomic E-state index is 12.2. The minimum Gasteiger partial charge on any atom is -0.391 e. The lowest BCUT2D eigenvalue weighted by Crippen LogP contribution is -2.43. The molecule has 1 aromatic rings. The molecule has 1 atom stereocenters. The molecule has 134 valence electrons. The highest BCUT2D eigenvalue weighted by Gasteiger charge is 2.27. The number of Topliss-reactive ketones (excluding diaryl/α,β-unsaturated/α-hetero) is 1. The van der Waals surface area contributed by atoms with Gasteiger partial charge in [0.25, 0.3) is 5.56 Å². The number of piperidine rings is 1. The average Bonchev–Trinajstić information content (AvgIpc) is 2.50. The summed E-state index contributed by atoms with van der Waals surface area (Å²) in [5.41, 5.74) is 0.278. The Morgan fingerprint density at radius 3 is 2.62 bits per heavy atom. The van der Waals surface area contributed by atoms with E-state index in [2.05, 4.69) is 9.88 Å². The van der Waals surface area contributed by atoms with Gasteiger partial charge in [-0.2, -0.15) is 0 Å². The highest BCUT2D eigenvalue weighted by Crippen LogP contribution is 2.24. The largest absolute Gasteiger partial charge is 0.391 e. The molecule has 1 aliphatic heterocycles. The Balaban J connectivity index is 1.76. The van der Waals surface area contributed by atoms with Crippen molar-refractivity contribution in [3.63, 3.8) is 0 Å². The van der Waals surface area contributed by atoms with Crippen molar-refractivity contribution in [3.8, 4) is 0 Å². The SMILES string of the molecule is CC(C)(C)C(O)CN1CCC(CC(=O)Cc2ccc[nH]c2=O)CC1. The molecule has 24 heavy (non-hydrogen) atoms. The number of likely N-dealkylation sites (tertiary alicyclic amines) is 1. The molecule has 1 fully saturated rings. The molecule has 0 aliphatic carbocycles. The number of aliphatic hydroxyl groups is 1. The fraction of sp³-hybridized carbons (Fsp3) is 0.684. The summed E-state index contributed by atoms with van der Waals surface area (Å²) in [5, 5.41) is 10.2. The number of carbonyl (C=O) groups excluding carboxylic acids is 1. The van der Waals surface area contributed by atoms with E-state index in [1.165, 1.54) is 0 Å². The average molecular weight is 334 g/mol. The van der Waals surface area contributed by atoms with Crippen LogP contribution in [0.25, 0.3) is 0 Å². The molecule has 1 saturated heterocycles. The minimum atomic E-state index is -0.333. The Kier molecular flexibility index (Phi) is 6.35. The number of carbonyl (C=O) groups is 1. The highest BCUT2D eigenvalue weighted by atomic mass is 16.3. The van der Waals surface area contributed by atoms with Crippen molar-refractivity contribution in [2.24, 2.45) is 11.3 Å². The summed E-state index contributed by atoms with van der Waals surface area (Å²) in [6.07, 6.45) is 3.98. The molecule has 0 radical (unpaired) electrons. The van der Waals surface area contributed by atoms with Crippen LogP contribution < -0.4 is 5.56 Å². The molecule has 1 aliphatic rings. The predicted molar refractivity (Wildman–Crippen MR) is 95.0 cm³/mol. The first-order chi connectivity index (χ1) is 11.3. The van der Waals surface area contributed by atoms with Crippen LogP contribution >= 0.6 is 0 Å². The standard InChI is InChI=1S/C19H30N2O3/c1-19(2,3)17(23)13-21-9-6-14(7-10-21)11-16(22)12-15-5-4-8-20-18(15)24/h4-5,8,14,17,23H,6-7,9-13H2,1-3H3,(H,20,24). The number of hydrogen-bond acceptors (Lipinski definition) is 4. The first kappa shape index (κ1) is 18.9. The van der Waals surface area contributed by atoms with Crippen molar-refractivity contribution in [3.05, 3.63) is 34.2 Å². The van der Waals surface area contributed by atoms with E-state index in [0.717, 1.165) is 25.9 Å². The van der Waals surface area contributed by atoms with Crippen molar-refractivity contribution in [1.82, 2.24) is 9.88 Å². The summed E-state index contributed by atoms with van der Waals surface area (Å²) in [6, 6.07) is 3.47. The van der Waals surface area contributed by atoms with E-state index in [9.17, 15) is 14.7 Å². The number of ketones is 1. The van der Waals surface area contributed by atoms with Crippen LogP contribution in [0, 0.1) is 11.3 Å². The van der Waals surface area contributed by atoms with E-state index in [1.54, 1.807) is 18.3 Å². The number of nitrogens with one attached hydrogen (secondary N) is 1. The molecule has 0 aromatic carbocycles. The van der Waals surface area contributed by atoms with E-state index in [0.29, 0.717) is 24.4 Å². The van der Waals surface area contributed by atoms with E-state index < -0.39 is 0 Å². The second kappa shape index (κ2) is 8.08. The van der Waals surface area contributed by atoms with Gasteiger partial charge in [-0.1, -0.05) is 26.8 Å². The molecule has 2 rings (SSSR count). The van der Waals surface area contributed by atoms with Crippen molar-refractivity contribution in [2.45, 2.75) is 52.6 Å². The minimum absolute atomic E-state index is 0.102. The molecular formula is C19H30N2O3. The number of β-amino-alcohol motifs (C(OH)–C–C–N with tert-alkyl or cyclic N) is 1. The number of aliphatic hydroxyl groups excluding tert-OH is 1. The second-order valence-electron chi connectivity index (χ2n) is 8.07. The number of hydrogen-bond donors (Lipinski definition) is 2. The summed E-state index contributed by atoms with van der Waals surface area (Å²) in [4.78, 5) is 28.7. The van der Waals surface area contributed by atoms with E-state index in [-0.39, 0.29) is 29.3 Å². The highest BCUT2D eigenvalue weighted by molar-refractivity contribution is 5.81. The number of nitrogens with zero attached hydrogens (tertiary/aromatic N) is 1. The van der Waals surface area contributed by atoms with Crippen LogP contribution in [0.4, 0.5) is 0 Å². The smallest absolute Gasteiger partial charge is 0.251 e. The molecule has 2 N–H and O–H groups in total. The first-order valence-corrected chi connectivity index (χ1v) is 8.84. The number of aromatic nitrogens is 1. The van der Waals surface area contributed by atoms with Gasteiger partial charge < -0.3 is 15.0 Å². The van der Waals surface area contributed by atoms with Gasteiger partial charge >= 0.3 is 0 Å². The fourth-order valence-corrected chi connectivity index (χ4v) is 3.09. The Labute approximate surface area is 144 Å². The molecular weight excluding hydrogens is 304 g/mol. The van der Waals surface area contributed by atoms with E-state index in [4.69, 9.17) is 0 Å². The predicted octanol–water partition coefficient (Wildman–Crippen LogP) is 2.00. The third-order valence-electron chi connectivity index (χ3n) is 4.94. The van der Waals surface area contributed by atoms with Crippen molar-refractivity contribution < 1.29 is 9.90 Å². The van der Waals surface area contributed by atoms with Gasteiger partial charge in [0, 0.05) is 31.1 Å². The fourth-order valence-electron chi connectivity index (χ4n) is 3.09. The Bertz CT molecular complexity index is 595. The van der Waals surface area contributed by atoms with Gasteiger partial charge in [0.15, 0.2) is 0 Å². The van der Waals surface area contributed by atoms with Gasteiger partial charge in [0.2, 0.25) is 0 Å². The quantitative estimate of drug-likeness (QED) is 0.834. The zero-order chi connectivity index (χ0) is 17.7. The zero-order valence-corrected chi connectivity index (χ0v) is 15.0. The number of H-pyrrole nitrogens is 1. The third-order valence-corrected chi connectivity index (χ3v) is 4.94. The van der Waals surface area contributed by atoms with Gasteiger partial charge in [0.05, 0.1) is 6.10 Å². The van der Waals surface area contributed by atoms with Crippen LogP contribution in [-0.2, 0) is 11.2 Å². The summed E-state index contributed by atoms with van der Waals surface area (Å²) >= 11 is 0. The van der Waals surface area contributed by atoms with Gasteiger partial charge in [-0.05, 0) is 43.3 Å². The molecule has 2 heterocycles. The topological polar surface area (TPSA) is 73.4 Å². The molecule has 5 nitrogen and oxygen atoms in total. The van der Waals surface area contributed by atoms with Crippen LogP contribution in [0.5, 0.6) is 0 Å². The maximum Gasteiger partial charge on any atom is 0.251 e. The van der Waals surface area contributed by atoms with Gasteiger partial charge in [0.1, 0.15) is 5.78 Å². The summed E-state index contributed by atoms with van der Waals surface area (Å²) in [6.45, 7) is 8.70. The monoisotopic (exact) mass is 334 g/mol. The summed E-state index contributed by atoms with van der Waals surface area (Å²) < 4.78 is 0. The molecule has 0 spiro atoms. The Morgan fingerprint density at radius 2 is 2.04 bits per heavy atom. The van der Waals surface area contributed by atoms with Crippen LogP contribution in [0.2, 0.25) is 0 Å². The van der Waals surface area contributed by atoms with Crippen molar-refractivity contribution >= 4 is 5.78 Å². The lowest BCUT2D eigenvalue weighted by molar-refractivity contribution is -0.119. The zero-order valence-electron chi connectivity index (χ0n) is 15.0. The lowest BCUT2D eigenvalue weighted by atomic mass is 9.87. The summed E-state index contributed by atoms with van der Waals surface area (Å²) in [7, 11) is 0. The van der Waals surface area contributed by atoms with Gasteiger partial charge in [-0.25, -0.2) is 0 Å². The van der Waals surface area contributed by atoms with Crippen LogP contribution in [0.1, 0.15) is 45.6 Å². The van der Waals surface area contributed by atoms with Gasteiger partial charge in [-0.3, -0.25) is 9.59 Å². The molecule has 0 amide bonds. The van der Waals surface area contributed by atoms with Crippen LogP contribution in [-0.4, -0.2) is 46.5 Å². The summed E-state index contributed by atoms with van der Waals surface area (Å²) in [5.74, 6) is 0.531. The normalized spacial score (nSPS) is 18.5. The molecule has 1 aromatic heterocycles. The van der Waals surface area contributed by atoms with Crippen molar-refractivity contribution in [1.29, 1.82) is 0 Å². The number of rotatable bonds is 6. The second-order valence-corrected chi connectivity index (χ2v) is 8.07. The molecule has 0 saturated carbocycles. The molecule has 0 bridgehead atoms. The van der Waals surface area contributed by atoms with Crippen LogP contribution in [0.15, 0.2) is 23.1 Å². The molecule has 1 unspecified atom stereocenters. The van der Waals surface area contributed by atoms with Crippen LogP contribution in [0.3, 0.4) is 0 Å². The lowest BCUT2D eigenvalue weighted by Gasteiger charge is -2.36. The maximum atomic E-state index is 12.2. The van der Waals surface area contributed by atoms with E-state index in [1.807, 2.05) is 20.8 Å². The Morgan fingerprint density at radius 1 is 1.38 bits per heavy atom.